The van der Waals surface area contributed by atoms with Crippen molar-refractivity contribution >= 4 is 11.7 Å². The highest BCUT2D eigenvalue weighted by atomic mass is 16.7. The molecule has 2 aliphatic rings. The van der Waals surface area contributed by atoms with Gasteiger partial charge in [0.05, 0.1) is 36.4 Å². The second-order valence-corrected chi connectivity index (χ2v) is 7.46. The van der Waals surface area contributed by atoms with E-state index in [0.29, 0.717) is 17.9 Å². The van der Waals surface area contributed by atoms with Crippen molar-refractivity contribution < 1.29 is 19.4 Å². The Kier molecular flexibility index (Phi) is 6.49. The molecule has 28 heavy (non-hydrogen) atoms. The number of aliphatic hydroxyl groups is 1. The van der Waals surface area contributed by atoms with E-state index < -0.39 is 30.6 Å². The van der Waals surface area contributed by atoms with Crippen LogP contribution in [-0.4, -0.2) is 92.4 Å². The summed E-state index contributed by atoms with van der Waals surface area (Å²) in [5, 5.41) is 25.4. The summed E-state index contributed by atoms with van der Waals surface area (Å²) in [5.74, 6) is 0. The third-order valence-electron chi connectivity index (χ3n) is 5.09. The summed E-state index contributed by atoms with van der Waals surface area (Å²) in [6, 6.07) is 7.20. The molecule has 2 bridgehead atoms. The summed E-state index contributed by atoms with van der Waals surface area (Å²) < 4.78 is 11.6. The van der Waals surface area contributed by atoms with Crippen LogP contribution >= 0.6 is 0 Å². The van der Waals surface area contributed by atoms with E-state index in [-0.39, 0.29) is 6.04 Å². The summed E-state index contributed by atoms with van der Waals surface area (Å²) in [6.07, 6.45) is -1.76. The zero-order valence-corrected chi connectivity index (χ0v) is 16.3. The largest absolute Gasteiger partial charge is 0.389 e. The molecule has 2 saturated heterocycles. The predicted octanol–water partition coefficient (Wildman–Crippen LogP) is 0.0264. The van der Waals surface area contributed by atoms with Gasteiger partial charge in [-0.1, -0.05) is 6.07 Å². The smallest absolute Gasteiger partial charge is 0.319 e. The Morgan fingerprint density at radius 3 is 2.86 bits per heavy atom. The number of amides is 2. The van der Waals surface area contributed by atoms with Crippen LogP contribution in [-0.2, 0) is 9.47 Å². The van der Waals surface area contributed by atoms with Crippen molar-refractivity contribution in [2.75, 3.05) is 46.2 Å². The number of carbonyl (C=O) groups excluding carboxylic acids is 1. The van der Waals surface area contributed by atoms with Crippen molar-refractivity contribution in [3.63, 3.8) is 0 Å². The number of hydrogen-bond donors (Lipinski definition) is 3. The second kappa shape index (κ2) is 8.86. The molecule has 0 saturated carbocycles. The minimum atomic E-state index is -0.838. The maximum Gasteiger partial charge on any atom is 0.319 e. The number of nitrogens with one attached hydrogen (secondary N) is 2. The van der Waals surface area contributed by atoms with Gasteiger partial charge in [-0.15, -0.1) is 0 Å². The quantitative estimate of drug-likeness (QED) is 0.629. The lowest BCUT2D eigenvalue weighted by Gasteiger charge is -2.42. The molecule has 3 rings (SSSR count). The first-order valence-corrected chi connectivity index (χ1v) is 9.27. The molecular weight excluding hydrogens is 362 g/mol. The number of rotatable bonds is 6. The van der Waals surface area contributed by atoms with Crippen LogP contribution in [0.5, 0.6) is 0 Å². The molecule has 2 heterocycles. The van der Waals surface area contributed by atoms with Gasteiger partial charge in [-0.3, -0.25) is 4.90 Å². The monoisotopic (exact) mass is 389 g/mol. The maximum atomic E-state index is 12.5. The van der Waals surface area contributed by atoms with Gasteiger partial charge in [0.25, 0.3) is 0 Å². The Morgan fingerprint density at radius 2 is 2.14 bits per heavy atom. The Morgan fingerprint density at radius 1 is 1.36 bits per heavy atom. The third-order valence-corrected chi connectivity index (χ3v) is 5.09. The third kappa shape index (κ3) is 4.60. The second-order valence-electron chi connectivity index (χ2n) is 7.46. The first-order valence-electron chi connectivity index (χ1n) is 9.27. The van der Waals surface area contributed by atoms with Gasteiger partial charge in [-0.25, -0.2) is 4.79 Å². The van der Waals surface area contributed by atoms with Gasteiger partial charge in [-0.05, 0) is 39.3 Å². The number of nitriles is 1. The number of anilines is 1. The molecule has 2 fully saturated rings. The minimum absolute atomic E-state index is 0.314. The number of likely N-dealkylation sites (N-methyl/N-ethyl adjacent to an activating group) is 2. The topological polar surface area (TPSA) is 110 Å². The molecule has 0 radical (unpaired) electrons. The van der Waals surface area contributed by atoms with Crippen LogP contribution in [0.25, 0.3) is 0 Å². The summed E-state index contributed by atoms with van der Waals surface area (Å²) >= 11 is 0. The lowest BCUT2D eigenvalue weighted by atomic mass is 9.95. The highest BCUT2D eigenvalue weighted by Crippen LogP contribution is 2.31. The molecule has 1 aromatic carbocycles. The highest BCUT2D eigenvalue weighted by Gasteiger charge is 2.51. The van der Waals surface area contributed by atoms with Crippen LogP contribution in [0.2, 0.25) is 0 Å². The van der Waals surface area contributed by atoms with Crippen molar-refractivity contribution in [2.24, 2.45) is 0 Å². The fraction of sp³-hybridized carbons (Fsp3) is 0.579. The minimum Gasteiger partial charge on any atom is -0.389 e. The SMILES string of the molecule is CN(C)CCN(C)[C@@H]1[C@@H]2OC[C@H](O2)[C@@H](NC(=O)Nc2cccc(C#N)c2)[C@@H]1O. The zero-order chi connectivity index (χ0) is 20.3. The van der Waals surface area contributed by atoms with E-state index >= 15 is 0 Å². The van der Waals surface area contributed by atoms with Crippen LogP contribution < -0.4 is 10.6 Å². The summed E-state index contributed by atoms with van der Waals surface area (Å²) in [6.45, 7) is 1.86. The Balaban J connectivity index is 1.65. The molecule has 152 valence electrons. The van der Waals surface area contributed by atoms with E-state index in [9.17, 15) is 9.90 Å². The van der Waals surface area contributed by atoms with Gasteiger partial charge in [0.1, 0.15) is 6.10 Å². The normalized spacial score (nSPS) is 29.0. The molecule has 2 amide bonds. The van der Waals surface area contributed by atoms with Gasteiger partial charge in [0, 0.05) is 18.8 Å². The summed E-state index contributed by atoms with van der Waals surface area (Å²) in [4.78, 5) is 16.5. The van der Waals surface area contributed by atoms with Crippen molar-refractivity contribution in [3.05, 3.63) is 29.8 Å². The van der Waals surface area contributed by atoms with Gasteiger partial charge in [0.15, 0.2) is 6.29 Å². The molecule has 0 aliphatic carbocycles. The number of aliphatic hydroxyl groups excluding tert-OH is 1. The molecule has 0 spiro atoms. The first kappa shape index (κ1) is 20.5. The number of benzene rings is 1. The van der Waals surface area contributed by atoms with Gasteiger partial charge in [0.2, 0.25) is 0 Å². The van der Waals surface area contributed by atoms with E-state index in [2.05, 4.69) is 15.5 Å². The molecule has 5 atom stereocenters. The van der Waals surface area contributed by atoms with E-state index in [0.717, 1.165) is 13.1 Å². The molecule has 3 N–H and O–H groups in total. The highest BCUT2D eigenvalue weighted by molar-refractivity contribution is 5.89. The van der Waals surface area contributed by atoms with E-state index in [1.54, 1.807) is 24.3 Å². The summed E-state index contributed by atoms with van der Waals surface area (Å²) in [7, 11) is 5.88. The fourth-order valence-corrected chi connectivity index (χ4v) is 3.54. The molecule has 9 heteroatoms. The summed E-state index contributed by atoms with van der Waals surface area (Å²) in [5.41, 5.74) is 0.955. The fourth-order valence-electron chi connectivity index (χ4n) is 3.54. The molecule has 2 aliphatic heterocycles. The molecule has 0 aromatic heterocycles. The number of nitrogens with zero attached hydrogens (tertiary/aromatic N) is 3. The zero-order valence-electron chi connectivity index (χ0n) is 16.3. The number of ether oxygens (including phenoxy) is 2. The number of carbonyl (C=O) groups is 1. The number of hydrogen-bond acceptors (Lipinski definition) is 7. The first-order chi connectivity index (χ1) is 13.4. The van der Waals surface area contributed by atoms with Crippen LogP contribution in [0, 0.1) is 11.3 Å². The molecule has 9 nitrogen and oxygen atoms in total. The molecular formula is C19H27N5O4. The Bertz CT molecular complexity index is 737. The Labute approximate surface area is 164 Å². The Hall–Kier alpha value is -2.22. The van der Waals surface area contributed by atoms with Crippen molar-refractivity contribution in [1.29, 1.82) is 5.26 Å². The van der Waals surface area contributed by atoms with Crippen LogP contribution in [0.15, 0.2) is 24.3 Å². The van der Waals surface area contributed by atoms with E-state index in [1.165, 1.54) is 0 Å². The standard InChI is InChI=1S/C19H27N5O4/c1-23(2)7-8-24(3)16-17(25)15(14-11-27-18(16)28-14)22-19(26)21-13-6-4-5-12(9-13)10-20/h4-6,9,14-18,25H,7-8,11H2,1-3H3,(H2,21,22,26)/t14-,15+,16-,17-,18+/m0/s1. The lowest BCUT2D eigenvalue weighted by molar-refractivity contribution is -0.177. The van der Waals surface area contributed by atoms with Gasteiger partial charge < -0.3 is 30.1 Å². The molecule has 0 unspecified atom stereocenters. The average molecular weight is 389 g/mol. The molecule has 1 aromatic rings. The van der Waals surface area contributed by atoms with Gasteiger partial charge >= 0.3 is 6.03 Å². The lowest BCUT2D eigenvalue weighted by Crippen LogP contribution is -2.65. The van der Waals surface area contributed by atoms with E-state index in [4.69, 9.17) is 14.7 Å². The predicted molar refractivity (Wildman–Crippen MR) is 103 cm³/mol. The number of urea groups is 1. The average Bonchev–Trinajstić information content (AvgIpc) is 3.09. The van der Waals surface area contributed by atoms with Crippen molar-refractivity contribution in [3.8, 4) is 6.07 Å². The maximum absolute atomic E-state index is 12.5. The van der Waals surface area contributed by atoms with Crippen molar-refractivity contribution in [2.45, 2.75) is 30.6 Å². The van der Waals surface area contributed by atoms with Crippen LogP contribution in [0.4, 0.5) is 10.5 Å². The number of fused-ring (bicyclic) bond motifs is 2. The van der Waals surface area contributed by atoms with Crippen LogP contribution in [0.1, 0.15) is 5.56 Å². The van der Waals surface area contributed by atoms with E-state index in [1.807, 2.05) is 32.1 Å². The van der Waals surface area contributed by atoms with Gasteiger partial charge in [-0.2, -0.15) is 5.26 Å². The van der Waals surface area contributed by atoms with Crippen LogP contribution in [0.3, 0.4) is 0 Å². The van der Waals surface area contributed by atoms with Crippen molar-refractivity contribution in [1.82, 2.24) is 15.1 Å².